The van der Waals surface area contributed by atoms with Crippen LogP contribution >= 0.6 is 0 Å². The molecule has 0 fully saturated rings. The van der Waals surface area contributed by atoms with Crippen LogP contribution in [-0.2, 0) is 11.3 Å². The number of nitrogens with one attached hydrogen (secondary N) is 1. The Kier molecular flexibility index (Phi) is 5.57. The molecule has 4 nitrogen and oxygen atoms in total. The Labute approximate surface area is 135 Å². The number of carbonyl (C=O) groups is 1. The summed E-state index contributed by atoms with van der Waals surface area (Å²) < 4.78 is 23.5. The topological polar surface area (TPSA) is 47.6 Å². The van der Waals surface area contributed by atoms with Gasteiger partial charge in [-0.05, 0) is 43.7 Å². The van der Waals surface area contributed by atoms with Crippen molar-refractivity contribution >= 4 is 5.91 Å². The standard InChI is InChI=1S/C18H20FNO3/c1-12-8-13(2)18(22-3)14(9-12)10-20-17(21)11-23-16-6-4-15(19)5-7-16/h4-9H,10-11H2,1-3H3,(H,20,21). The SMILES string of the molecule is COc1c(C)cc(C)cc1CNC(=O)COc1ccc(F)cc1. The first kappa shape index (κ1) is 16.8. The van der Waals surface area contributed by atoms with Crippen molar-refractivity contribution in [2.45, 2.75) is 20.4 Å². The van der Waals surface area contributed by atoms with E-state index in [2.05, 4.69) is 5.32 Å². The molecule has 2 aromatic rings. The molecule has 0 aliphatic carbocycles. The number of rotatable bonds is 6. The van der Waals surface area contributed by atoms with Gasteiger partial charge in [0.25, 0.3) is 5.91 Å². The molecule has 0 saturated carbocycles. The molecule has 23 heavy (non-hydrogen) atoms. The van der Waals surface area contributed by atoms with Crippen LogP contribution in [0.1, 0.15) is 16.7 Å². The molecule has 0 aliphatic rings. The summed E-state index contributed by atoms with van der Waals surface area (Å²) in [5.74, 6) is 0.625. The number of benzene rings is 2. The lowest BCUT2D eigenvalue weighted by Crippen LogP contribution is -2.28. The van der Waals surface area contributed by atoms with Crippen molar-refractivity contribution in [3.63, 3.8) is 0 Å². The maximum absolute atomic E-state index is 12.8. The van der Waals surface area contributed by atoms with Gasteiger partial charge in [-0.2, -0.15) is 0 Å². The van der Waals surface area contributed by atoms with Crippen LogP contribution in [0, 0.1) is 19.7 Å². The Morgan fingerprint density at radius 3 is 2.52 bits per heavy atom. The molecule has 0 aromatic heterocycles. The van der Waals surface area contributed by atoms with Crippen LogP contribution in [0.25, 0.3) is 0 Å². The summed E-state index contributed by atoms with van der Waals surface area (Å²) in [5.41, 5.74) is 3.05. The molecule has 0 saturated heterocycles. The van der Waals surface area contributed by atoms with Gasteiger partial charge in [0.05, 0.1) is 7.11 Å². The minimum absolute atomic E-state index is 0.126. The van der Waals surface area contributed by atoms with E-state index in [9.17, 15) is 9.18 Å². The van der Waals surface area contributed by atoms with Crippen LogP contribution in [0.2, 0.25) is 0 Å². The minimum atomic E-state index is -0.344. The van der Waals surface area contributed by atoms with E-state index in [1.165, 1.54) is 24.3 Å². The molecule has 0 atom stereocenters. The highest BCUT2D eigenvalue weighted by Gasteiger charge is 2.09. The number of amides is 1. The van der Waals surface area contributed by atoms with Crippen LogP contribution in [0.3, 0.4) is 0 Å². The first-order chi connectivity index (χ1) is 11.0. The molecule has 0 aliphatic heterocycles. The van der Waals surface area contributed by atoms with E-state index in [0.717, 1.165) is 22.4 Å². The first-order valence-corrected chi connectivity index (χ1v) is 7.29. The quantitative estimate of drug-likeness (QED) is 0.890. The summed E-state index contributed by atoms with van der Waals surface area (Å²) in [6.45, 7) is 4.19. The maximum Gasteiger partial charge on any atom is 0.258 e. The van der Waals surface area contributed by atoms with Gasteiger partial charge in [-0.3, -0.25) is 4.79 Å². The highest BCUT2D eigenvalue weighted by atomic mass is 19.1. The number of carbonyl (C=O) groups excluding carboxylic acids is 1. The zero-order valence-corrected chi connectivity index (χ0v) is 13.5. The molecule has 5 heteroatoms. The Bertz CT molecular complexity index is 683. The summed E-state index contributed by atoms with van der Waals surface area (Å²) in [7, 11) is 1.61. The average molecular weight is 317 g/mol. The number of ether oxygens (including phenoxy) is 2. The smallest absolute Gasteiger partial charge is 0.258 e. The predicted octanol–water partition coefficient (Wildman–Crippen LogP) is 3.15. The zero-order valence-electron chi connectivity index (χ0n) is 13.5. The van der Waals surface area contributed by atoms with Gasteiger partial charge in [0.1, 0.15) is 17.3 Å². The third-order valence-corrected chi connectivity index (χ3v) is 3.36. The molecule has 0 radical (unpaired) electrons. The second kappa shape index (κ2) is 7.63. The molecule has 1 amide bonds. The molecular formula is C18H20FNO3. The van der Waals surface area contributed by atoms with E-state index in [4.69, 9.17) is 9.47 Å². The van der Waals surface area contributed by atoms with Gasteiger partial charge in [0, 0.05) is 12.1 Å². The maximum atomic E-state index is 12.8. The third kappa shape index (κ3) is 4.71. The van der Waals surface area contributed by atoms with Crippen LogP contribution in [0.5, 0.6) is 11.5 Å². The van der Waals surface area contributed by atoms with E-state index in [0.29, 0.717) is 12.3 Å². The van der Waals surface area contributed by atoms with Gasteiger partial charge in [0.2, 0.25) is 0 Å². The van der Waals surface area contributed by atoms with Gasteiger partial charge < -0.3 is 14.8 Å². The normalized spacial score (nSPS) is 10.3. The second-order valence-electron chi connectivity index (χ2n) is 5.29. The summed E-state index contributed by atoms with van der Waals surface area (Å²) in [4.78, 5) is 11.9. The monoisotopic (exact) mass is 317 g/mol. The van der Waals surface area contributed by atoms with Gasteiger partial charge in [0.15, 0.2) is 6.61 Å². The molecule has 1 N–H and O–H groups in total. The van der Waals surface area contributed by atoms with Crippen molar-refractivity contribution in [1.82, 2.24) is 5.32 Å². The molecule has 0 bridgehead atoms. The van der Waals surface area contributed by atoms with Crippen LogP contribution in [-0.4, -0.2) is 19.6 Å². The predicted molar refractivity (Wildman–Crippen MR) is 86.2 cm³/mol. The van der Waals surface area contributed by atoms with E-state index < -0.39 is 0 Å². The van der Waals surface area contributed by atoms with Gasteiger partial charge >= 0.3 is 0 Å². The van der Waals surface area contributed by atoms with Crippen molar-refractivity contribution in [2.24, 2.45) is 0 Å². The molecule has 0 spiro atoms. The Balaban J connectivity index is 1.90. The Hall–Kier alpha value is -2.56. The fourth-order valence-corrected chi connectivity index (χ4v) is 2.39. The van der Waals surface area contributed by atoms with E-state index >= 15 is 0 Å². The van der Waals surface area contributed by atoms with Crippen LogP contribution < -0.4 is 14.8 Å². The van der Waals surface area contributed by atoms with Crippen molar-refractivity contribution in [1.29, 1.82) is 0 Å². The van der Waals surface area contributed by atoms with Crippen molar-refractivity contribution < 1.29 is 18.7 Å². The Morgan fingerprint density at radius 1 is 1.17 bits per heavy atom. The first-order valence-electron chi connectivity index (χ1n) is 7.29. The molecular weight excluding hydrogens is 297 g/mol. The number of halogens is 1. The highest BCUT2D eigenvalue weighted by Crippen LogP contribution is 2.24. The van der Waals surface area contributed by atoms with Gasteiger partial charge in [-0.15, -0.1) is 0 Å². The van der Waals surface area contributed by atoms with Gasteiger partial charge in [-0.25, -0.2) is 4.39 Å². The summed E-state index contributed by atoms with van der Waals surface area (Å²) >= 11 is 0. The third-order valence-electron chi connectivity index (χ3n) is 3.36. The second-order valence-corrected chi connectivity index (χ2v) is 5.29. The fourth-order valence-electron chi connectivity index (χ4n) is 2.39. The molecule has 0 unspecified atom stereocenters. The molecule has 2 aromatic carbocycles. The molecule has 0 heterocycles. The number of hydrogen-bond acceptors (Lipinski definition) is 3. The fraction of sp³-hybridized carbons (Fsp3) is 0.278. The van der Waals surface area contributed by atoms with E-state index in [1.807, 2.05) is 26.0 Å². The summed E-state index contributed by atoms with van der Waals surface area (Å²) in [6, 6.07) is 9.54. The van der Waals surface area contributed by atoms with Crippen LogP contribution in [0.4, 0.5) is 4.39 Å². The zero-order chi connectivity index (χ0) is 16.8. The summed E-state index contributed by atoms with van der Waals surface area (Å²) in [5, 5.41) is 2.79. The van der Waals surface area contributed by atoms with Crippen LogP contribution in [0.15, 0.2) is 36.4 Å². The van der Waals surface area contributed by atoms with Crippen molar-refractivity contribution in [2.75, 3.05) is 13.7 Å². The minimum Gasteiger partial charge on any atom is -0.496 e. The lowest BCUT2D eigenvalue weighted by molar-refractivity contribution is -0.123. The van der Waals surface area contributed by atoms with Gasteiger partial charge in [-0.1, -0.05) is 17.7 Å². The molecule has 2 rings (SSSR count). The molecule has 122 valence electrons. The van der Waals surface area contributed by atoms with E-state index in [1.54, 1.807) is 7.11 Å². The summed E-state index contributed by atoms with van der Waals surface area (Å²) in [6.07, 6.45) is 0. The van der Waals surface area contributed by atoms with Crippen molar-refractivity contribution in [3.05, 3.63) is 58.9 Å². The average Bonchev–Trinajstić information content (AvgIpc) is 2.52. The van der Waals surface area contributed by atoms with Crippen molar-refractivity contribution in [3.8, 4) is 11.5 Å². The highest BCUT2D eigenvalue weighted by molar-refractivity contribution is 5.77. The number of aryl methyl sites for hydroxylation is 2. The number of hydrogen-bond donors (Lipinski definition) is 1. The Morgan fingerprint density at radius 2 is 1.87 bits per heavy atom. The number of methoxy groups -OCH3 is 1. The van der Waals surface area contributed by atoms with E-state index in [-0.39, 0.29) is 18.3 Å². The lowest BCUT2D eigenvalue weighted by Gasteiger charge is -2.14. The largest absolute Gasteiger partial charge is 0.496 e. The lowest BCUT2D eigenvalue weighted by atomic mass is 10.1.